The first kappa shape index (κ1) is 18.9. The molecular formula is C19H15F3N2O2S. The SMILES string of the molecule is Cc1nc(-c2ccc(F)cc2)sc1C(=O)Nc1cccc(OC(F)F)c1C. The molecular weight excluding hydrogens is 377 g/mol. The third-order valence-corrected chi connectivity index (χ3v) is 5.05. The second-order valence-corrected chi connectivity index (χ2v) is 6.70. The molecule has 140 valence electrons. The predicted molar refractivity (Wildman–Crippen MR) is 98.0 cm³/mol. The first-order valence-electron chi connectivity index (χ1n) is 7.94. The highest BCUT2D eigenvalue weighted by Gasteiger charge is 2.18. The molecule has 3 rings (SSSR count). The third kappa shape index (κ3) is 4.28. The van der Waals surface area contributed by atoms with E-state index in [1.807, 2.05) is 0 Å². The van der Waals surface area contributed by atoms with Crippen molar-refractivity contribution in [1.29, 1.82) is 0 Å². The van der Waals surface area contributed by atoms with Crippen LogP contribution in [0.25, 0.3) is 10.6 Å². The summed E-state index contributed by atoms with van der Waals surface area (Å²) in [5, 5.41) is 3.29. The maximum atomic E-state index is 13.1. The summed E-state index contributed by atoms with van der Waals surface area (Å²) in [6.07, 6.45) is 0. The lowest BCUT2D eigenvalue weighted by molar-refractivity contribution is -0.0502. The second-order valence-electron chi connectivity index (χ2n) is 5.70. The number of halogens is 3. The molecule has 1 aromatic heterocycles. The number of anilines is 1. The van der Waals surface area contributed by atoms with Crippen LogP contribution in [0, 0.1) is 19.7 Å². The minimum Gasteiger partial charge on any atom is -0.434 e. The zero-order chi connectivity index (χ0) is 19.6. The van der Waals surface area contributed by atoms with Crippen LogP contribution in [-0.4, -0.2) is 17.5 Å². The average molecular weight is 392 g/mol. The Kier molecular flexibility index (Phi) is 5.46. The van der Waals surface area contributed by atoms with Crippen LogP contribution in [0.4, 0.5) is 18.9 Å². The number of thiazole rings is 1. The molecule has 0 aliphatic heterocycles. The van der Waals surface area contributed by atoms with E-state index in [2.05, 4.69) is 15.0 Å². The van der Waals surface area contributed by atoms with Crippen molar-refractivity contribution in [1.82, 2.24) is 4.98 Å². The number of alkyl halides is 2. The summed E-state index contributed by atoms with van der Waals surface area (Å²) < 4.78 is 42.4. The number of aromatic nitrogens is 1. The highest BCUT2D eigenvalue weighted by atomic mass is 32.1. The number of amides is 1. The van der Waals surface area contributed by atoms with Gasteiger partial charge in [0.15, 0.2) is 0 Å². The van der Waals surface area contributed by atoms with Crippen molar-refractivity contribution in [2.24, 2.45) is 0 Å². The molecule has 0 bridgehead atoms. The van der Waals surface area contributed by atoms with E-state index >= 15 is 0 Å². The van der Waals surface area contributed by atoms with Gasteiger partial charge in [0.05, 0.1) is 5.69 Å². The molecule has 0 saturated heterocycles. The van der Waals surface area contributed by atoms with Crippen LogP contribution in [-0.2, 0) is 0 Å². The van der Waals surface area contributed by atoms with Crippen LogP contribution in [0.3, 0.4) is 0 Å². The van der Waals surface area contributed by atoms with E-state index in [9.17, 15) is 18.0 Å². The van der Waals surface area contributed by atoms with Crippen molar-refractivity contribution < 1.29 is 22.7 Å². The van der Waals surface area contributed by atoms with Gasteiger partial charge in [-0.1, -0.05) is 6.07 Å². The summed E-state index contributed by atoms with van der Waals surface area (Å²) in [5.74, 6) is -0.766. The Hall–Kier alpha value is -2.87. The molecule has 0 aliphatic carbocycles. The molecule has 1 heterocycles. The van der Waals surface area contributed by atoms with Gasteiger partial charge in [-0.2, -0.15) is 8.78 Å². The molecule has 0 saturated carbocycles. The number of rotatable bonds is 5. The molecule has 3 aromatic rings. The summed E-state index contributed by atoms with van der Waals surface area (Å²) in [4.78, 5) is 17.4. The first-order valence-corrected chi connectivity index (χ1v) is 8.76. The number of nitrogens with zero attached hydrogens (tertiary/aromatic N) is 1. The van der Waals surface area contributed by atoms with Gasteiger partial charge in [-0.3, -0.25) is 4.79 Å². The molecule has 0 unspecified atom stereocenters. The molecule has 8 heteroatoms. The number of hydrogen-bond donors (Lipinski definition) is 1. The minimum atomic E-state index is -2.95. The van der Waals surface area contributed by atoms with Crippen LogP contribution in [0.2, 0.25) is 0 Å². The molecule has 0 atom stereocenters. The van der Waals surface area contributed by atoms with E-state index in [-0.39, 0.29) is 11.6 Å². The Balaban J connectivity index is 1.84. The van der Waals surface area contributed by atoms with Crippen molar-refractivity contribution in [3.63, 3.8) is 0 Å². The average Bonchev–Trinajstić information content (AvgIpc) is 3.00. The monoisotopic (exact) mass is 392 g/mol. The van der Waals surface area contributed by atoms with Crippen LogP contribution >= 0.6 is 11.3 Å². The van der Waals surface area contributed by atoms with Gasteiger partial charge >= 0.3 is 6.61 Å². The maximum Gasteiger partial charge on any atom is 0.387 e. The third-order valence-electron chi connectivity index (χ3n) is 3.84. The van der Waals surface area contributed by atoms with Gasteiger partial charge in [-0.15, -0.1) is 11.3 Å². The van der Waals surface area contributed by atoms with Crippen LogP contribution < -0.4 is 10.1 Å². The number of ether oxygens (including phenoxy) is 1. The highest BCUT2D eigenvalue weighted by molar-refractivity contribution is 7.17. The van der Waals surface area contributed by atoms with Crippen molar-refractivity contribution in [3.05, 3.63) is 64.4 Å². The van der Waals surface area contributed by atoms with E-state index in [4.69, 9.17) is 0 Å². The van der Waals surface area contributed by atoms with Gasteiger partial charge in [0.25, 0.3) is 5.91 Å². The summed E-state index contributed by atoms with van der Waals surface area (Å²) in [6.45, 7) is 0.329. The van der Waals surface area contributed by atoms with Gasteiger partial charge in [0.1, 0.15) is 21.5 Å². The number of carbonyl (C=O) groups excluding carboxylic acids is 1. The molecule has 0 spiro atoms. The van der Waals surface area contributed by atoms with Crippen LogP contribution in [0.5, 0.6) is 5.75 Å². The molecule has 0 fully saturated rings. The fraction of sp³-hybridized carbons (Fsp3) is 0.158. The molecule has 27 heavy (non-hydrogen) atoms. The zero-order valence-corrected chi connectivity index (χ0v) is 15.2. The van der Waals surface area contributed by atoms with Crippen molar-refractivity contribution in [3.8, 4) is 16.3 Å². The maximum absolute atomic E-state index is 13.1. The summed E-state index contributed by atoms with van der Waals surface area (Å²) in [7, 11) is 0. The fourth-order valence-electron chi connectivity index (χ4n) is 2.48. The van der Waals surface area contributed by atoms with Crippen molar-refractivity contribution in [2.45, 2.75) is 20.5 Å². The lowest BCUT2D eigenvalue weighted by Gasteiger charge is -2.12. The second kappa shape index (κ2) is 7.79. The van der Waals surface area contributed by atoms with Gasteiger partial charge in [-0.25, -0.2) is 9.37 Å². The highest BCUT2D eigenvalue weighted by Crippen LogP contribution is 2.31. The predicted octanol–water partition coefficient (Wildman–Crippen LogP) is 5.42. The topological polar surface area (TPSA) is 51.2 Å². The normalized spacial score (nSPS) is 10.9. The van der Waals surface area contributed by atoms with E-state index in [0.29, 0.717) is 32.4 Å². The Morgan fingerprint density at radius 1 is 1.15 bits per heavy atom. The minimum absolute atomic E-state index is 0.00386. The van der Waals surface area contributed by atoms with E-state index in [1.165, 1.54) is 35.6 Å². The Labute approximate surface area is 157 Å². The van der Waals surface area contributed by atoms with Gasteiger partial charge in [0.2, 0.25) is 0 Å². The lowest BCUT2D eigenvalue weighted by atomic mass is 10.1. The Morgan fingerprint density at radius 2 is 1.85 bits per heavy atom. The fourth-order valence-corrected chi connectivity index (χ4v) is 3.44. The molecule has 0 radical (unpaired) electrons. The van der Waals surface area contributed by atoms with Crippen molar-refractivity contribution >= 4 is 22.9 Å². The van der Waals surface area contributed by atoms with Gasteiger partial charge in [0, 0.05) is 16.8 Å². The number of hydrogen-bond acceptors (Lipinski definition) is 4. The van der Waals surface area contributed by atoms with Gasteiger partial charge in [-0.05, 0) is 50.2 Å². The Morgan fingerprint density at radius 3 is 2.52 bits per heavy atom. The lowest BCUT2D eigenvalue weighted by Crippen LogP contribution is -2.13. The molecule has 2 aromatic carbocycles. The van der Waals surface area contributed by atoms with E-state index in [0.717, 1.165) is 0 Å². The largest absolute Gasteiger partial charge is 0.434 e. The standard InChI is InChI=1S/C19H15F3N2O2S/c1-10-14(4-3-5-15(10)26-19(21)22)24-17(25)16-11(2)23-18(27-16)12-6-8-13(20)9-7-12/h3-9,19H,1-2H3,(H,24,25). The summed E-state index contributed by atoms with van der Waals surface area (Å²) >= 11 is 1.17. The number of aryl methyl sites for hydroxylation is 1. The number of carbonyl (C=O) groups is 1. The number of benzene rings is 2. The van der Waals surface area contributed by atoms with Crippen LogP contribution in [0.1, 0.15) is 20.9 Å². The Bertz CT molecular complexity index is 972. The summed E-state index contributed by atoms with van der Waals surface area (Å²) in [6, 6.07) is 10.3. The van der Waals surface area contributed by atoms with Crippen LogP contribution in [0.15, 0.2) is 42.5 Å². The zero-order valence-electron chi connectivity index (χ0n) is 14.4. The van der Waals surface area contributed by atoms with Gasteiger partial charge < -0.3 is 10.1 Å². The quantitative estimate of drug-likeness (QED) is 0.631. The molecule has 4 nitrogen and oxygen atoms in total. The summed E-state index contributed by atoms with van der Waals surface area (Å²) in [5.41, 5.74) is 1.99. The first-order chi connectivity index (χ1) is 12.8. The van der Waals surface area contributed by atoms with Crippen molar-refractivity contribution in [2.75, 3.05) is 5.32 Å². The molecule has 1 N–H and O–H groups in total. The molecule has 0 aliphatic rings. The number of nitrogens with one attached hydrogen (secondary N) is 1. The smallest absolute Gasteiger partial charge is 0.387 e. The van der Waals surface area contributed by atoms with E-state index in [1.54, 1.807) is 32.0 Å². The van der Waals surface area contributed by atoms with E-state index < -0.39 is 12.5 Å². The molecule has 1 amide bonds.